The number of benzene rings is 3. The average molecular weight is 519 g/mol. The van der Waals surface area contributed by atoms with Crippen molar-refractivity contribution in [2.24, 2.45) is 16.6 Å². The fourth-order valence-electron chi connectivity index (χ4n) is 3.99. The number of guanidine groups is 1. The Bertz CT molecular complexity index is 1230. The Hall–Kier alpha value is -4.77. The van der Waals surface area contributed by atoms with Crippen LogP contribution in [0.15, 0.2) is 90.0 Å². The van der Waals surface area contributed by atoms with Gasteiger partial charge >= 0.3 is 0 Å². The van der Waals surface area contributed by atoms with E-state index < -0.39 is 34.8 Å². The number of nitrogens with zero attached hydrogens (tertiary/aromatic N) is 3. The predicted molar refractivity (Wildman–Crippen MR) is 142 cm³/mol. The third kappa shape index (κ3) is 7.87. The van der Waals surface area contributed by atoms with Crippen LogP contribution in [0.2, 0.25) is 0 Å². The number of nitrogens with two attached hydrogens (primary N) is 2. The zero-order valence-electron chi connectivity index (χ0n) is 20.6. The van der Waals surface area contributed by atoms with Crippen molar-refractivity contribution in [1.82, 2.24) is 10.2 Å². The third-order valence-electron chi connectivity index (χ3n) is 5.85. The summed E-state index contributed by atoms with van der Waals surface area (Å²) in [6.07, 6.45) is 0.416. The summed E-state index contributed by atoms with van der Waals surface area (Å²) in [4.78, 5) is 38.3. The van der Waals surface area contributed by atoms with Gasteiger partial charge < -0.3 is 21.9 Å². The van der Waals surface area contributed by atoms with Crippen molar-refractivity contribution >= 4 is 17.8 Å². The molecule has 1 atom stereocenters. The Morgan fingerprint density at radius 1 is 1.00 bits per heavy atom. The number of aromatic hydroxyl groups is 1. The smallest absolute Gasteiger partial charge is 0.275 e. The molecule has 0 saturated carbocycles. The van der Waals surface area contributed by atoms with E-state index in [2.05, 4.69) is 10.4 Å². The first-order chi connectivity index (χ1) is 18.3. The topological polar surface area (TPSA) is 177 Å². The molecule has 0 unspecified atom stereocenters. The highest BCUT2D eigenvalue weighted by Gasteiger charge is 2.30. The maximum absolute atomic E-state index is 13.8. The maximum atomic E-state index is 13.8. The van der Waals surface area contributed by atoms with Gasteiger partial charge in [-0.05, 0) is 41.7 Å². The summed E-state index contributed by atoms with van der Waals surface area (Å²) in [6.45, 7) is 0.148. The van der Waals surface area contributed by atoms with Gasteiger partial charge in [-0.3, -0.25) is 14.5 Å². The molecule has 3 aromatic carbocycles. The zero-order valence-corrected chi connectivity index (χ0v) is 20.6. The molecule has 11 heteroatoms. The highest BCUT2D eigenvalue weighted by atomic mass is 16.7. The van der Waals surface area contributed by atoms with Crippen molar-refractivity contribution in [3.8, 4) is 5.75 Å². The molecule has 3 rings (SSSR count). The van der Waals surface area contributed by atoms with Crippen molar-refractivity contribution < 1.29 is 19.7 Å². The van der Waals surface area contributed by atoms with E-state index in [1.54, 1.807) is 60.7 Å². The second-order valence-corrected chi connectivity index (χ2v) is 8.58. The molecule has 198 valence electrons. The van der Waals surface area contributed by atoms with Crippen LogP contribution in [0.25, 0.3) is 0 Å². The lowest BCUT2D eigenvalue weighted by molar-refractivity contribution is -0.485. The molecule has 0 heterocycles. The van der Waals surface area contributed by atoms with Crippen LogP contribution in [0.4, 0.5) is 0 Å². The number of amides is 2. The van der Waals surface area contributed by atoms with Gasteiger partial charge in [-0.25, -0.2) is 10.1 Å². The van der Waals surface area contributed by atoms with E-state index in [9.17, 15) is 24.8 Å². The van der Waals surface area contributed by atoms with Crippen molar-refractivity contribution in [3.05, 3.63) is 112 Å². The second-order valence-electron chi connectivity index (χ2n) is 8.58. The Balaban J connectivity index is 1.72. The van der Waals surface area contributed by atoms with Gasteiger partial charge in [-0.15, -0.1) is 0 Å². The molecule has 0 bridgehead atoms. The second kappa shape index (κ2) is 13.5. The molecule has 6 N–H and O–H groups in total. The zero-order chi connectivity index (χ0) is 27.5. The average Bonchev–Trinajstić information content (AvgIpc) is 2.90. The summed E-state index contributed by atoms with van der Waals surface area (Å²) >= 11 is 0. The highest BCUT2D eigenvalue weighted by Crippen LogP contribution is 2.27. The lowest BCUT2D eigenvalue weighted by atomic mass is 9.90. The molecule has 0 aromatic heterocycles. The van der Waals surface area contributed by atoms with Crippen LogP contribution in [0.5, 0.6) is 5.75 Å². The molecular formula is C27H30N6O5. The largest absolute Gasteiger partial charge is 0.508 e. The first kappa shape index (κ1) is 27.8. The number of hydrogen-bond acceptors (Lipinski definition) is 6. The Morgan fingerprint density at radius 2 is 1.61 bits per heavy atom. The minimum atomic E-state index is -0.962. The summed E-state index contributed by atoms with van der Waals surface area (Å²) in [5, 5.41) is 25.5. The lowest BCUT2D eigenvalue weighted by Gasteiger charge is -2.26. The van der Waals surface area contributed by atoms with Crippen LogP contribution in [0.3, 0.4) is 0 Å². The number of nitrogens with one attached hydrogen (secondary N) is 1. The van der Waals surface area contributed by atoms with E-state index in [0.717, 1.165) is 4.90 Å². The molecule has 0 aliphatic rings. The number of phenols is 1. The van der Waals surface area contributed by atoms with E-state index in [0.29, 0.717) is 16.7 Å². The maximum Gasteiger partial charge on any atom is 0.275 e. The number of phenolic OH excluding ortho intramolecular Hbond substituents is 1. The fraction of sp³-hybridized carbons (Fsp3) is 0.222. The normalized spacial score (nSPS) is 12.1. The number of carbonyl (C=O) groups is 2. The van der Waals surface area contributed by atoms with Crippen LogP contribution >= 0.6 is 0 Å². The van der Waals surface area contributed by atoms with Gasteiger partial charge in [-0.1, -0.05) is 72.8 Å². The Kier molecular flexibility index (Phi) is 9.89. The monoisotopic (exact) mass is 518 g/mol. The summed E-state index contributed by atoms with van der Waals surface area (Å²) in [5.74, 6) is -2.16. The van der Waals surface area contributed by atoms with Crippen LogP contribution in [0, 0.1) is 10.1 Å². The van der Waals surface area contributed by atoms with Crippen molar-refractivity contribution in [1.29, 1.82) is 0 Å². The van der Waals surface area contributed by atoms with E-state index in [4.69, 9.17) is 11.5 Å². The van der Waals surface area contributed by atoms with Crippen molar-refractivity contribution in [2.75, 3.05) is 6.54 Å². The van der Waals surface area contributed by atoms with E-state index >= 15 is 0 Å². The standard InChI is InChI=1S/C27H30N6O5/c28-23(25(35)30-18-19-9-7-14-22(34)17-19)15-8-16-32(27(29)31-33(37)38)26(36)24(20-10-3-1-4-11-20)21-12-5-2-6-13-21/h1-7,9-14,17,23-24,34H,8,15-16,18,28H2,(H2,29,31)(H,30,35)/t23-/m0/s1. The summed E-state index contributed by atoms with van der Waals surface area (Å²) in [6, 6.07) is 23.6. The molecule has 0 aliphatic heterocycles. The van der Waals surface area contributed by atoms with Crippen LogP contribution in [-0.2, 0) is 16.1 Å². The van der Waals surface area contributed by atoms with E-state index in [1.165, 1.54) is 12.1 Å². The number of hydrogen-bond donors (Lipinski definition) is 4. The Morgan fingerprint density at radius 3 is 2.16 bits per heavy atom. The summed E-state index contributed by atoms with van der Waals surface area (Å²) in [7, 11) is 0. The molecule has 0 fully saturated rings. The summed E-state index contributed by atoms with van der Waals surface area (Å²) in [5.41, 5.74) is 14.0. The SMILES string of the molecule is NC(=N[N+](=O)[O-])N(CCC[C@H](N)C(=O)NCc1cccc(O)c1)C(=O)C(c1ccccc1)c1ccccc1. The number of carbonyl (C=O) groups excluding carboxylic acids is 2. The van der Waals surface area contributed by atoms with Crippen molar-refractivity contribution in [2.45, 2.75) is 31.3 Å². The predicted octanol–water partition coefficient (Wildman–Crippen LogP) is 2.28. The molecule has 0 spiro atoms. The van der Waals surface area contributed by atoms with Gasteiger partial charge in [0.15, 0.2) is 5.03 Å². The van der Waals surface area contributed by atoms with Gasteiger partial charge in [0.2, 0.25) is 11.8 Å². The Labute approximate surface area is 219 Å². The molecule has 0 radical (unpaired) electrons. The first-order valence-corrected chi connectivity index (χ1v) is 12.0. The fourth-order valence-corrected chi connectivity index (χ4v) is 3.99. The molecular weight excluding hydrogens is 488 g/mol. The highest BCUT2D eigenvalue weighted by molar-refractivity contribution is 6.00. The molecule has 38 heavy (non-hydrogen) atoms. The quantitative estimate of drug-likeness (QED) is 0.130. The van der Waals surface area contributed by atoms with Gasteiger partial charge in [-0.2, -0.15) is 0 Å². The third-order valence-corrected chi connectivity index (χ3v) is 5.85. The minimum Gasteiger partial charge on any atom is -0.508 e. The lowest BCUT2D eigenvalue weighted by Crippen LogP contribution is -2.46. The first-order valence-electron chi connectivity index (χ1n) is 12.0. The van der Waals surface area contributed by atoms with Gasteiger partial charge in [0, 0.05) is 13.1 Å². The van der Waals surface area contributed by atoms with Crippen molar-refractivity contribution in [3.63, 3.8) is 0 Å². The number of nitro groups is 1. The minimum absolute atomic E-state index is 0.0360. The number of rotatable bonds is 11. The van der Waals surface area contributed by atoms with Crippen LogP contribution in [0.1, 0.15) is 35.4 Å². The molecule has 2 amide bonds. The van der Waals surface area contributed by atoms with Crippen LogP contribution in [-0.4, -0.2) is 45.4 Å². The molecule has 0 aliphatic carbocycles. The number of hydrazone groups is 1. The molecule has 3 aromatic rings. The molecule has 11 nitrogen and oxygen atoms in total. The van der Waals surface area contributed by atoms with Gasteiger partial charge in [0.05, 0.1) is 12.0 Å². The van der Waals surface area contributed by atoms with Crippen LogP contribution < -0.4 is 16.8 Å². The van der Waals surface area contributed by atoms with E-state index in [1.807, 2.05) is 12.1 Å². The van der Waals surface area contributed by atoms with Gasteiger partial charge in [0.25, 0.3) is 5.96 Å². The summed E-state index contributed by atoms with van der Waals surface area (Å²) < 4.78 is 0. The molecule has 0 saturated heterocycles. The van der Waals surface area contributed by atoms with E-state index in [-0.39, 0.29) is 31.7 Å². The van der Waals surface area contributed by atoms with Gasteiger partial charge in [0.1, 0.15) is 10.9 Å².